The van der Waals surface area contributed by atoms with Crippen molar-refractivity contribution in [3.05, 3.63) is 83.7 Å². The molecule has 0 amide bonds. The molecule has 0 aliphatic carbocycles. The molecule has 3 rings (SSSR count). The number of nitrogens with one attached hydrogen (secondary N) is 1. The first-order valence-electron chi connectivity index (χ1n) is 9.31. The molecule has 0 aliphatic rings. The Morgan fingerprint density at radius 2 is 1.59 bits per heavy atom. The molecule has 1 heterocycles. The molecular weight excluding hydrogens is 382 g/mol. The molecule has 1 N–H and O–H groups in total. The minimum atomic E-state index is 0.617. The van der Waals surface area contributed by atoms with Crippen molar-refractivity contribution in [2.45, 2.75) is 20.0 Å². The average molecular weight is 408 g/mol. The van der Waals surface area contributed by atoms with Crippen LogP contribution in [-0.4, -0.2) is 29.2 Å². The van der Waals surface area contributed by atoms with Crippen LogP contribution in [-0.2, 0) is 13.1 Å². The van der Waals surface area contributed by atoms with Crippen LogP contribution in [0.3, 0.4) is 0 Å². The Kier molecular flexibility index (Phi) is 7.03. The summed E-state index contributed by atoms with van der Waals surface area (Å²) in [5.74, 6) is 1.40. The number of nitrogens with zero attached hydrogens (tertiary/aromatic N) is 2. The van der Waals surface area contributed by atoms with Gasteiger partial charge in [-0.25, -0.2) is 0 Å². The maximum Gasteiger partial charge on any atom is 0.174 e. The molecule has 2 aromatic carbocycles. The third-order valence-corrected chi connectivity index (χ3v) is 4.91. The summed E-state index contributed by atoms with van der Waals surface area (Å²) < 4.78 is 10.8. The molecule has 0 atom stereocenters. The number of benzene rings is 2. The molecule has 3 aromatic rings. The Balaban J connectivity index is 1.82. The van der Waals surface area contributed by atoms with E-state index in [1.807, 2.05) is 30.3 Å². The fourth-order valence-electron chi connectivity index (χ4n) is 2.92. The Hall–Kier alpha value is -3.12. The van der Waals surface area contributed by atoms with Gasteiger partial charge in [0.15, 0.2) is 5.11 Å². The Morgan fingerprint density at radius 1 is 0.931 bits per heavy atom. The minimum Gasteiger partial charge on any atom is -0.497 e. The van der Waals surface area contributed by atoms with Crippen LogP contribution < -0.4 is 14.8 Å². The van der Waals surface area contributed by atoms with Gasteiger partial charge in [0.1, 0.15) is 11.5 Å². The van der Waals surface area contributed by atoms with Crippen LogP contribution in [0.25, 0.3) is 0 Å². The summed E-state index contributed by atoms with van der Waals surface area (Å²) in [5.41, 5.74) is 4.36. The third-order valence-electron chi connectivity index (χ3n) is 4.55. The van der Waals surface area contributed by atoms with Gasteiger partial charge in [-0.05, 0) is 54.5 Å². The minimum absolute atomic E-state index is 0.617. The summed E-state index contributed by atoms with van der Waals surface area (Å²) in [6.45, 7) is 3.44. The van der Waals surface area contributed by atoms with E-state index in [2.05, 4.69) is 46.4 Å². The quantitative estimate of drug-likeness (QED) is 0.568. The molecule has 1 aromatic heterocycles. The third kappa shape index (κ3) is 5.68. The highest BCUT2D eigenvalue weighted by molar-refractivity contribution is 7.80. The molecule has 0 aliphatic heterocycles. The number of hydrogen-bond acceptors (Lipinski definition) is 4. The standard InChI is InChI=1S/C23H25N3O2S/c1-17-4-6-18(7-5-17)15-26(16-19-10-12-24-13-11-19)23(29)25-21-9-8-20(27-2)14-22(21)28-3/h4-14H,15-16H2,1-3H3,(H,25,29). The Morgan fingerprint density at radius 3 is 2.21 bits per heavy atom. The van der Waals surface area contributed by atoms with E-state index in [1.165, 1.54) is 11.1 Å². The second-order valence-corrected chi connectivity index (χ2v) is 7.08. The highest BCUT2D eigenvalue weighted by atomic mass is 32.1. The number of rotatable bonds is 7. The van der Waals surface area contributed by atoms with Gasteiger partial charge in [-0.15, -0.1) is 0 Å². The smallest absolute Gasteiger partial charge is 0.174 e. The van der Waals surface area contributed by atoms with Crippen molar-refractivity contribution in [1.29, 1.82) is 0 Å². The summed E-state index contributed by atoms with van der Waals surface area (Å²) in [7, 11) is 3.26. The number of aryl methyl sites for hydroxylation is 1. The average Bonchev–Trinajstić information content (AvgIpc) is 2.75. The highest BCUT2D eigenvalue weighted by Crippen LogP contribution is 2.29. The summed E-state index contributed by atoms with van der Waals surface area (Å²) in [6, 6.07) is 18.1. The maximum atomic E-state index is 5.76. The molecular formula is C23H25N3O2S. The van der Waals surface area contributed by atoms with Crippen molar-refractivity contribution in [3.8, 4) is 11.5 Å². The van der Waals surface area contributed by atoms with Crippen LogP contribution >= 0.6 is 12.2 Å². The zero-order valence-electron chi connectivity index (χ0n) is 16.9. The summed E-state index contributed by atoms with van der Waals surface area (Å²) in [5, 5.41) is 3.94. The van der Waals surface area contributed by atoms with Crippen LogP contribution in [0.15, 0.2) is 67.0 Å². The first-order valence-corrected chi connectivity index (χ1v) is 9.72. The molecule has 29 heavy (non-hydrogen) atoms. The second-order valence-electron chi connectivity index (χ2n) is 6.69. The van der Waals surface area contributed by atoms with Gasteiger partial charge in [0.25, 0.3) is 0 Å². The van der Waals surface area contributed by atoms with Gasteiger partial charge >= 0.3 is 0 Å². The topological polar surface area (TPSA) is 46.6 Å². The van der Waals surface area contributed by atoms with Gasteiger partial charge in [-0.3, -0.25) is 4.98 Å². The van der Waals surface area contributed by atoms with E-state index in [0.29, 0.717) is 24.0 Å². The number of aromatic nitrogens is 1. The van der Waals surface area contributed by atoms with Crippen LogP contribution in [0.5, 0.6) is 11.5 Å². The monoisotopic (exact) mass is 407 g/mol. The van der Waals surface area contributed by atoms with Gasteiger partial charge in [0.05, 0.1) is 19.9 Å². The van der Waals surface area contributed by atoms with Crippen molar-refractivity contribution >= 4 is 23.0 Å². The largest absolute Gasteiger partial charge is 0.497 e. The van der Waals surface area contributed by atoms with Crippen molar-refractivity contribution in [3.63, 3.8) is 0 Å². The second kappa shape index (κ2) is 9.89. The molecule has 0 spiro atoms. The van der Waals surface area contributed by atoms with Crippen LogP contribution in [0.1, 0.15) is 16.7 Å². The van der Waals surface area contributed by atoms with Gasteiger partial charge < -0.3 is 19.7 Å². The Labute approximate surface area is 177 Å². The molecule has 150 valence electrons. The van der Waals surface area contributed by atoms with Crippen molar-refractivity contribution in [2.24, 2.45) is 0 Å². The fraction of sp³-hybridized carbons (Fsp3) is 0.217. The number of methoxy groups -OCH3 is 2. The van der Waals surface area contributed by atoms with Crippen LogP contribution in [0, 0.1) is 6.92 Å². The van der Waals surface area contributed by atoms with Gasteiger partial charge in [-0.1, -0.05) is 29.8 Å². The lowest BCUT2D eigenvalue weighted by Crippen LogP contribution is -2.34. The lowest BCUT2D eigenvalue weighted by atomic mass is 10.1. The summed E-state index contributed by atoms with van der Waals surface area (Å²) in [4.78, 5) is 6.23. The van der Waals surface area contributed by atoms with Gasteiger partial charge in [0.2, 0.25) is 0 Å². The van der Waals surface area contributed by atoms with Crippen molar-refractivity contribution in [1.82, 2.24) is 9.88 Å². The van der Waals surface area contributed by atoms with E-state index in [0.717, 1.165) is 17.0 Å². The maximum absolute atomic E-state index is 5.76. The summed E-state index contributed by atoms with van der Waals surface area (Å²) in [6.07, 6.45) is 3.59. The molecule has 6 heteroatoms. The first kappa shape index (κ1) is 20.6. The zero-order valence-corrected chi connectivity index (χ0v) is 17.7. The fourth-order valence-corrected chi connectivity index (χ4v) is 3.16. The predicted molar refractivity (Wildman–Crippen MR) is 120 cm³/mol. The molecule has 0 fully saturated rings. The van der Waals surface area contributed by atoms with E-state index in [1.54, 1.807) is 26.6 Å². The van der Waals surface area contributed by atoms with E-state index >= 15 is 0 Å². The lowest BCUT2D eigenvalue weighted by Gasteiger charge is -2.27. The number of ether oxygens (including phenoxy) is 2. The van der Waals surface area contributed by atoms with Crippen LogP contribution in [0.4, 0.5) is 5.69 Å². The number of anilines is 1. The number of hydrogen-bond donors (Lipinski definition) is 1. The SMILES string of the molecule is COc1ccc(NC(=S)N(Cc2ccncc2)Cc2ccc(C)cc2)c(OC)c1. The van der Waals surface area contributed by atoms with E-state index in [4.69, 9.17) is 21.7 Å². The normalized spacial score (nSPS) is 10.3. The lowest BCUT2D eigenvalue weighted by molar-refractivity contribution is 0.394. The number of thiocarbonyl (C=S) groups is 1. The molecule has 0 saturated heterocycles. The first-order chi connectivity index (χ1) is 14.1. The molecule has 5 nitrogen and oxygen atoms in total. The molecule has 0 radical (unpaired) electrons. The van der Waals surface area contributed by atoms with Crippen molar-refractivity contribution < 1.29 is 9.47 Å². The highest BCUT2D eigenvalue weighted by Gasteiger charge is 2.14. The van der Waals surface area contributed by atoms with Gasteiger partial charge in [-0.2, -0.15) is 0 Å². The van der Waals surface area contributed by atoms with Crippen LogP contribution in [0.2, 0.25) is 0 Å². The van der Waals surface area contributed by atoms with E-state index in [9.17, 15) is 0 Å². The predicted octanol–water partition coefficient (Wildman–Crippen LogP) is 4.81. The zero-order chi connectivity index (χ0) is 20.6. The van der Waals surface area contributed by atoms with E-state index in [-0.39, 0.29) is 0 Å². The molecule has 0 bridgehead atoms. The number of pyridine rings is 1. The molecule has 0 saturated carbocycles. The Bertz CT molecular complexity index is 946. The molecule has 0 unspecified atom stereocenters. The van der Waals surface area contributed by atoms with E-state index < -0.39 is 0 Å². The van der Waals surface area contributed by atoms with Crippen molar-refractivity contribution in [2.75, 3.05) is 19.5 Å². The summed E-state index contributed by atoms with van der Waals surface area (Å²) >= 11 is 5.76. The van der Waals surface area contributed by atoms with Gasteiger partial charge in [0, 0.05) is 31.5 Å².